The van der Waals surface area contributed by atoms with E-state index in [9.17, 15) is 18.5 Å². The van der Waals surface area contributed by atoms with Gasteiger partial charge >= 0.3 is 0 Å². The largest absolute Gasteiger partial charge is 0.303 e. The molecule has 8 heteroatoms. The van der Waals surface area contributed by atoms with Gasteiger partial charge in [0.15, 0.2) is 4.90 Å². The monoisotopic (exact) mass is 343 g/mol. The number of nitrogens with one attached hydrogen (secondary N) is 1. The molecule has 0 unspecified atom stereocenters. The van der Waals surface area contributed by atoms with E-state index in [0.717, 1.165) is 32.5 Å². The zero-order valence-electron chi connectivity index (χ0n) is 13.7. The predicted octanol–water partition coefficient (Wildman–Crippen LogP) is 2.39. The number of sulfonamides is 1. The molecule has 0 amide bonds. The minimum Gasteiger partial charge on any atom is -0.303 e. The number of rotatable bonds is 11. The topological polar surface area (TPSA) is 92.6 Å². The van der Waals surface area contributed by atoms with E-state index in [2.05, 4.69) is 23.5 Å². The van der Waals surface area contributed by atoms with Crippen LogP contribution in [0.25, 0.3) is 0 Å². The third kappa shape index (κ3) is 6.25. The number of para-hydroxylation sites is 1. The number of hydrogen-bond acceptors (Lipinski definition) is 5. The van der Waals surface area contributed by atoms with Gasteiger partial charge in [-0.3, -0.25) is 10.1 Å². The second-order valence-corrected chi connectivity index (χ2v) is 7.05. The fourth-order valence-corrected chi connectivity index (χ4v) is 3.63. The average molecular weight is 343 g/mol. The van der Waals surface area contributed by atoms with Crippen molar-refractivity contribution in [3.05, 3.63) is 34.4 Å². The van der Waals surface area contributed by atoms with E-state index in [4.69, 9.17) is 0 Å². The van der Waals surface area contributed by atoms with Gasteiger partial charge in [-0.05, 0) is 45.0 Å². The molecule has 0 fully saturated rings. The Kier molecular flexibility index (Phi) is 8.15. The van der Waals surface area contributed by atoms with Crippen molar-refractivity contribution in [1.29, 1.82) is 0 Å². The Labute approximate surface area is 137 Å². The third-order valence-corrected chi connectivity index (χ3v) is 4.88. The molecule has 1 aromatic carbocycles. The average Bonchev–Trinajstić information content (AvgIpc) is 2.52. The smallest absolute Gasteiger partial charge is 0.289 e. The molecular formula is C15H25N3O4S. The second kappa shape index (κ2) is 9.59. The Morgan fingerprint density at radius 3 is 2.30 bits per heavy atom. The molecule has 0 saturated carbocycles. The van der Waals surface area contributed by atoms with Crippen LogP contribution in [0.5, 0.6) is 0 Å². The summed E-state index contributed by atoms with van der Waals surface area (Å²) in [4.78, 5) is 12.3. The van der Waals surface area contributed by atoms with Crippen molar-refractivity contribution in [2.75, 3.05) is 26.2 Å². The summed E-state index contributed by atoms with van der Waals surface area (Å²) in [7, 11) is -3.87. The quantitative estimate of drug-likeness (QED) is 0.378. The Balaban J connectivity index is 2.62. The lowest BCUT2D eigenvalue weighted by Gasteiger charge is -2.20. The molecule has 0 saturated heterocycles. The van der Waals surface area contributed by atoms with Gasteiger partial charge in [0.2, 0.25) is 10.0 Å². The van der Waals surface area contributed by atoms with Gasteiger partial charge in [0.05, 0.1) is 4.92 Å². The highest BCUT2D eigenvalue weighted by molar-refractivity contribution is 7.89. The molecule has 0 atom stereocenters. The summed E-state index contributed by atoms with van der Waals surface area (Å²) in [5.74, 6) is 0. The number of hydrogen-bond donors (Lipinski definition) is 1. The lowest BCUT2D eigenvalue weighted by atomic mass is 10.3. The molecule has 1 rings (SSSR count). The van der Waals surface area contributed by atoms with Crippen LogP contribution in [0.2, 0.25) is 0 Å². The summed E-state index contributed by atoms with van der Waals surface area (Å²) < 4.78 is 26.9. The van der Waals surface area contributed by atoms with Crippen LogP contribution < -0.4 is 4.72 Å². The first-order chi connectivity index (χ1) is 10.9. The van der Waals surface area contributed by atoms with Gasteiger partial charge in [0, 0.05) is 12.6 Å². The van der Waals surface area contributed by atoms with Gasteiger partial charge in [-0.2, -0.15) is 0 Å². The van der Waals surface area contributed by atoms with E-state index in [1.54, 1.807) is 0 Å². The van der Waals surface area contributed by atoms with Crippen molar-refractivity contribution < 1.29 is 13.3 Å². The molecule has 0 spiro atoms. The van der Waals surface area contributed by atoms with Gasteiger partial charge in [-0.25, -0.2) is 13.1 Å². The molecule has 0 aromatic heterocycles. The van der Waals surface area contributed by atoms with Crippen LogP contribution in [0.3, 0.4) is 0 Å². The van der Waals surface area contributed by atoms with Gasteiger partial charge in [-0.1, -0.05) is 26.0 Å². The van der Waals surface area contributed by atoms with Gasteiger partial charge in [0.25, 0.3) is 5.69 Å². The molecular weight excluding hydrogens is 318 g/mol. The summed E-state index contributed by atoms with van der Waals surface area (Å²) >= 11 is 0. The number of nitrogens with zero attached hydrogens (tertiary/aromatic N) is 2. The summed E-state index contributed by atoms with van der Waals surface area (Å²) in [6.45, 7) is 7.27. The Hall–Kier alpha value is -1.51. The van der Waals surface area contributed by atoms with Crippen LogP contribution in [0.4, 0.5) is 5.69 Å². The molecule has 0 aliphatic carbocycles. The van der Waals surface area contributed by atoms with Crippen LogP contribution >= 0.6 is 0 Å². The van der Waals surface area contributed by atoms with Crippen molar-refractivity contribution in [3.8, 4) is 0 Å². The van der Waals surface area contributed by atoms with E-state index in [-0.39, 0.29) is 11.4 Å². The van der Waals surface area contributed by atoms with Gasteiger partial charge < -0.3 is 4.90 Å². The van der Waals surface area contributed by atoms with E-state index < -0.39 is 20.6 Å². The first-order valence-electron chi connectivity index (χ1n) is 7.87. The van der Waals surface area contributed by atoms with Crippen molar-refractivity contribution in [2.45, 2.75) is 38.0 Å². The summed E-state index contributed by atoms with van der Waals surface area (Å²) in [6, 6.07) is 5.37. The van der Waals surface area contributed by atoms with E-state index in [0.29, 0.717) is 6.42 Å². The standard InChI is InChI=1S/C15H25N3O4S/c1-3-11-17(12-4-2)13-7-10-16-23(21,22)15-9-6-5-8-14(15)18(19)20/h5-6,8-9,16H,3-4,7,10-13H2,1-2H3. The lowest BCUT2D eigenvalue weighted by Crippen LogP contribution is -2.31. The fraction of sp³-hybridized carbons (Fsp3) is 0.600. The second-order valence-electron chi connectivity index (χ2n) is 5.32. The van der Waals surface area contributed by atoms with Crippen molar-refractivity contribution >= 4 is 15.7 Å². The van der Waals surface area contributed by atoms with Crippen LogP contribution in [0, 0.1) is 10.1 Å². The van der Waals surface area contributed by atoms with E-state index in [1.165, 1.54) is 24.3 Å². The molecule has 0 aliphatic heterocycles. The minimum atomic E-state index is -3.87. The molecule has 0 aliphatic rings. The fourth-order valence-electron chi connectivity index (χ4n) is 2.39. The minimum absolute atomic E-state index is 0.262. The van der Waals surface area contributed by atoms with Crippen LogP contribution in [0.1, 0.15) is 33.1 Å². The normalized spacial score (nSPS) is 11.8. The van der Waals surface area contributed by atoms with Crippen molar-refractivity contribution in [3.63, 3.8) is 0 Å². The highest BCUT2D eigenvalue weighted by Gasteiger charge is 2.24. The SMILES string of the molecule is CCCN(CCC)CCCNS(=O)(=O)c1ccccc1[N+](=O)[O-]. The van der Waals surface area contributed by atoms with Crippen molar-refractivity contribution in [1.82, 2.24) is 9.62 Å². The highest BCUT2D eigenvalue weighted by Crippen LogP contribution is 2.22. The molecule has 7 nitrogen and oxygen atoms in total. The first-order valence-corrected chi connectivity index (χ1v) is 9.36. The molecule has 130 valence electrons. The maximum Gasteiger partial charge on any atom is 0.289 e. The molecule has 1 aromatic rings. The first kappa shape index (κ1) is 19.5. The lowest BCUT2D eigenvalue weighted by molar-refractivity contribution is -0.387. The Morgan fingerprint density at radius 1 is 1.13 bits per heavy atom. The van der Waals surface area contributed by atoms with Gasteiger partial charge in [-0.15, -0.1) is 0 Å². The molecule has 1 N–H and O–H groups in total. The highest BCUT2D eigenvalue weighted by atomic mass is 32.2. The summed E-state index contributed by atoms with van der Waals surface area (Å²) in [5.41, 5.74) is -0.404. The van der Waals surface area contributed by atoms with E-state index >= 15 is 0 Å². The zero-order chi connectivity index (χ0) is 17.3. The molecule has 0 radical (unpaired) electrons. The summed E-state index contributed by atoms with van der Waals surface area (Å²) in [5, 5.41) is 10.9. The molecule has 0 bridgehead atoms. The van der Waals surface area contributed by atoms with Crippen LogP contribution in [-0.2, 0) is 10.0 Å². The molecule has 23 heavy (non-hydrogen) atoms. The molecule has 0 heterocycles. The maximum absolute atomic E-state index is 12.2. The summed E-state index contributed by atoms with van der Waals surface area (Å²) in [6.07, 6.45) is 2.78. The maximum atomic E-state index is 12.2. The predicted molar refractivity (Wildman–Crippen MR) is 89.9 cm³/mol. The van der Waals surface area contributed by atoms with Crippen molar-refractivity contribution in [2.24, 2.45) is 0 Å². The Bertz CT molecular complexity index is 598. The number of nitro groups is 1. The van der Waals surface area contributed by atoms with Crippen LogP contribution in [0.15, 0.2) is 29.2 Å². The third-order valence-electron chi connectivity index (χ3n) is 3.37. The van der Waals surface area contributed by atoms with Crippen LogP contribution in [-0.4, -0.2) is 44.4 Å². The zero-order valence-corrected chi connectivity index (χ0v) is 14.5. The number of benzene rings is 1. The Morgan fingerprint density at radius 2 is 1.74 bits per heavy atom. The van der Waals surface area contributed by atoms with E-state index in [1.807, 2.05) is 0 Å². The number of nitro benzene ring substituents is 1. The van der Waals surface area contributed by atoms with Gasteiger partial charge in [0.1, 0.15) is 0 Å².